The van der Waals surface area contributed by atoms with Crippen LogP contribution < -0.4 is 0 Å². The van der Waals surface area contributed by atoms with Gasteiger partial charge in [0.2, 0.25) is 4.84 Å². The Morgan fingerprint density at radius 1 is 1.25 bits per heavy atom. The molecule has 0 bridgehead atoms. The van der Waals surface area contributed by atoms with E-state index in [4.69, 9.17) is 48.2 Å². The molecule has 0 aliphatic carbocycles. The summed E-state index contributed by atoms with van der Waals surface area (Å²) in [6, 6.07) is 0. The summed E-state index contributed by atoms with van der Waals surface area (Å²) in [6.07, 6.45) is 0. The Morgan fingerprint density at radius 2 is 1.56 bits per heavy atom. The second-order valence-electron chi connectivity index (χ2n) is 2.19. The summed E-state index contributed by atoms with van der Waals surface area (Å²) in [5, 5.41) is 25.4. The van der Waals surface area contributed by atoms with Crippen LogP contribution in [0.15, 0.2) is 0 Å². The fourth-order valence-electron chi connectivity index (χ4n) is 0.376. The van der Waals surface area contributed by atoms with Gasteiger partial charge in [-0.1, -0.05) is 28.4 Å². The summed E-state index contributed by atoms with van der Waals surface area (Å²) < 4.78 is 0. The number of alkyl halides is 2. The van der Waals surface area contributed by atoms with Gasteiger partial charge in [-0.05, 0) is 0 Å². The summed E-state index contributed by atoms with van der Waals surface area (Å²) in [4.78, 5) is 17.6. The highest BCUT2D eigenvalue weighted by Crippen LogP contribution is 1.98. The molecule has 0 unspecified atom stereocenters. The van der Waals surface area contributed by atoms with Gasteiger partial charge < -0.3 is 15.3 Å². The van der Waals surface area contributed by atoms with Crippen molar-refractivity contribution in [1.29, 1.82) is 0 Å². The van der Waals surface area contributed by atoms with E-state index in [-0.39, 0.29) is 26.4 Å². The molecular formula is C7H15Cl2NO6. The molecule has 0 spiro atoms. The van der Waals surface area contributed by atoms with Gasteiger partial charge in [0, 0.05) is 7.05 Å². The Hall–Kier alpha value is -0.150. The van der Waals surface area contributed by atoms with Gasteiger partial charge in [0.15, 0.2) is 0 Å². The molecule has 0 fully saturated rings. The summed E-state index contributed by atoms with van der Waals surface area (Å²) in [7, 11) is 1.55. The number of carboxylic acids is 1. The molecule has 0 radical (unpaired) electrons. The van der Waals surface area contributed by atoms with Crippen molar-refractivity contribution in [1.82, 2.24) is 5.23 Å². The van der Waals surface area contributed by atoms with E-state index in [1.54, 1.807) is 7.05 Å². The largest absolute Gasteiger partial charge is 0.479 e. The average molecular weight is 280 g/mol. The van der Waals surface area contributed by atoms with Crippen molar-refractivity contribution in [2.24, 2.45) is 0 Å². The molecule has 98 valence electrons. The first kappa shape index (κ1) is 18.2. The van der Waals surface area contributed by atoms with Crippen molar-refractivity contribution in [3.8, 4) is 0 Å². The van der Waals surface area contributed by atoms with Gasteiger partial charge in [0.05, 0.1) is 26.4 Å². The van der Waals surface area contributed by atoms with Crippen LogP contribution in [-0.4, -0.2) is 64.8 Å². The van der Waals surface area contributed by atoms with Crippen LogP contribution >= 0.6 is 23.2 Å². The smallest absolute Gasteiger partial charge is 0.337 e. The minimum atomic E-state index is -1.29. The third-order valence-corrected chi connectivity index (χ3v) is 1.29. The van der Waals surface area contributed by atoms with E-state index in [1.807, 2.05) is 0 Å². The monoisotopic (exact) mass is 279 g/mol. The molecule has 16 heavy (non-hydrogen) atoms. The number of nitrogens with zero attached hydrogens (tertiary/aromatic N) is 1. The van der Waals surface area contributed by atoms with Crippen LogP contribution in [0.25, 0.3) is 0 Å². The lowest BCUT2D eigenvalue weighted by Crippen LogP contribution is -2.22. The summed E-state index contributed by atoms with van der Waals surface area (Å²) in [5.41, 5.74) is 0. The van der Waals surface area contributed by atoms with Crippen LogP contribution in [0.2, 0.25) is 0 Å². The summed E-state index contributed by atoms with van der Waals surface area (Å²) >= 11 is 9.56. The topological polar surface area (TPSA) is 99.5 Å². The normalized spacial score (nSPS) is 10.2. The fourth-order valence-corrected chi connectivity index (χ4v) is 0.376. The first-order chi connectivity index (χ1) is 7.45. The number of aliphatic carboxylic acids is 1. The van der Waals surface area contributed by atoms with Gasteiger partial charge >= 0.3 is 5.97 Å². The van der Waals surface area contributed by atoms with Gasteiger partial charge in [0.1, 0.15) is 0 Å². The maximum atomic E-state index is 9.44. The molecule has 0 aromatic heterocycles. The van der Waals surface area contributed by atoms with Crippen molar-refractivity contribution < 1.29 is 29.8 Å². The van der Waals surface area contributed by atoms with E-state index in [0.717, 1.165) is 5.23 Å². The van der Waals surface area contributed by atoms with Crippen LogP contribution in [0.1, 0.15) is 0 Å². The minimum absolute atomic E-state index is 0.0488. The van der Waals surface area contributed by atoms with E-state index < -0.39 is 10.8 Å². The fraction of sp³-hybridized carbons (Fsp3) is 0.857. The highest BCUT2D eigenvalue weighted by molar-refractivity contribution is 6.52. The molecule has 7 nitrogen and oxygen atoms in total. The van der Waals surface area contributed by atoms with Crippen molar-refractivity contribution in [3.63, 3.8) is 0 Å². The molecule has 3 N–H and O–H groups in total. The number of aliphatic hydroxyl groups excluding tert-OH is 2. The Kier molecular flexibility index (Phi) is 14.7. The Morgan fingerprint density at radius 3 is 1.75 bits per heavy atom. The lowest BCUT2D eigenvalue weighted by Gasteiger charge is -2.13. The zero-order valence-corrected chi connectivity index (χ0v) is 10.2. The van der Waals surface area contributed by atoms with Crippen molar-refractivity contribution in [3.05, 3.63) is 0 Å². The molecule has 0 amide bonds. The minimum Gasteiger partial charge on any atom is -0.479 e. The van der Waals surface area contributed by atoms with Crippen LogP contribution in [0.3, 0.4) is 0 Å². The number of aliphatic hydroxyl groups is 2. The number of carboxylic acid groups (broad SMARTS) is 1. The van der Waals surface area contributed by atoms with E-state index >= 15 is 0 Å². The molecule has 0 aromatic carbocycles. The highest BCUT2D eigenvalue weighted by atomic mass is 35.5. The molecular weight excluding hydrogens is 265 g/mol. The number of halogens is 2. The third kappa shape index (κ3) is 16.3. The van der Waals surface area contributed by atoms with E-state index in [0.29, 0.717) is 0 Å². The Balaban J connectivity index is 0. The van der Waals surface area contributed by atoms with Crippen molar-refractivity contribution in [2.75, 3.05) is 33.5 Å². The molecule has 9 heteroatoms. The predicted molar refractivity (Wildman–Crippen MR) is 57.0 cm³/mol. The predicted octanol–water partition coefficient (Wildman–Crippen LogP) is -0.359. The van der Waals surface area contributed by atoms with E-state index in [9.17, 15) is 4.79 Å². The Labute approximate surface area is 103 Å². The lowest BCUT2D eigenvalue weighted by molar-refractivity contribution is -0.356. The van der Waals surface area contributed by atoms with Crippen molar-refractivity contribution in [2.45, 2.75) is 4.84 Å². The molecule has 0 aromatic rings. The summed E-state index contributed by atoms with van der Waals surface area (Å²) in [6.45, 7) is 0.295. The second-order valence-corrected chi connectivity index (χ2v) is 3.29. The number of rotatable bonds is 7. The molecule has 0 saturated heterocycles. The molecule has 0 aliphatic rings. The zero-order chi connectivity index (χ0) is 13.0. The molecule has 0 rings (SSSR count). The maximum absolute atomic E-state index is 9.44. The molecule has 0 saturated carbocycles. The van der Waals surface area contributed by atoms with Crippen LogP contribution in [0.5, 0.6) is 0 Å². The Bertz CT molecular complexity index is 163. The maximum Gasteiger partial charge on any atom is 0.337 e. The van der Waals surface area contributed by atoms with Crippen LogP contribution in [-0.2, 0) is 14.5 Å². The number of hydrogen-bond donors (Lipinski definition) is 3. The van der Waals surface area contributed by atoms with Gasteiger partial charge in [-0.3, -0.25) is 9.68 Å². The van der Waals surface area contributed by atoms with Gasteiger partial charge in [-0.2, -0.15) is 0 Å². The summed E-state index contributed by atoms with van der Waals surface area (Å²) in [5.74, 6) is -1.21. The number of hydroxylamine groups is 2. The number of hydrogen-bond acceptors (Lipinski definition) is 6. The second kappa shape index (κ2) is 12.9. The zero-order valence-electron chi connectivity index (χ0n) is 8.68. The first-order valence-electron chi connectivity index (χ1n) is 4.18. The SMILES string of the molecule is CN(OCCO)OCCO.O=C(O)C(Cl)Cl. The number of carbonyl (C=O) groups is 1. The molecule has 0 aliphatic heterocycles. The standard InChI is InChI=1S/C5H13NO4.C2H2Cl2O2/c1-6(9-4-2-7)10-5-3-8;3-1(4)2(5)6/h7-8H,2-5H2,1H3;1H,(H,5,6). The van der Waals surface area contributed by atoms with Gasteiger partial charge in [0.25, 0.3) is 0 Å². The van der Waals surface area contributed by atoms with Gasteiger partial charge in [-0.15, -0.1) is 0 Å². The molecule has 0 heterocycles. The van der Waals surface area contributed by atoms with Crippen LogP contribution in [0, 0.1) is 0 Å². The van der Waals surface area contributed by atoms with Gasteiger partial charge in [-0.25, -0.2) is 4.79 Å². The first-order valence-corrected chi connectivity index (χ1v) is 5.05. The average Bonchev–Trinajstić information content (AvgIpc) is 2.24. The van der Waals surface area contributed by atoms with Crippen LogP contribution in [0.4, 0.5) is 0 Å². The van der Waals surface area contributed by atoms with Crippen molar-refractivity contribution >= 4 is 29.2 Å². The van der Waals surface area contributed by atoms with E-state index in [2.05, 4.69) is 0 Å². The van der Waals surface area contributed by atoms with E-state index in [1.165, 1.54) is 0 Å². The quantitative estimate of drug-likeness (QED) is 0.432. The highest BCUT2D eigenvalue weighted by Gasteiger charge is 2.05. The molecule has 0 atom stereocenters. The lowest BCUT2D eigenvalue weighted by atomic mass is 10.8. The third-order valence-electron chi connectivity index (χ3n) is 0.915.